The van der Waals surface area contributed by atoms with Crippen molar-refractivity contribution in [2.45, 2.75) is 39.5 Å². The lowest BCUT2D eigenvalue weighted by Crippen LogP contribution is -2.16. The molecule has 0 saturated carbocycles. The minimum atomic E-state index is -4.35. The highest BCUT2D eigenvalue weighted by molar-refractivity contribution is 7.52. The Balaban J connectivity index is 4.49. The average molecular weight is 236 g/mol. The van der Waals surface area contributed by atoms with Gasteiger partial charge in [-0.25, -0.2) is 4.79 Å². The highest BCUT2D eigenvalue weighted by atomic mass is 31.2. The van der Waals surface area contributed by atoms with Crippen molar-refractivity contribution in [3.8, 4) is 0 Å². The molecule has 88 valence electrons. The third-order valence-corrected chi connectivity index (χ3v) is 2.90. The molecule has 1 unspecified atom stereocenters. The molecule has 6 heteroatoms. The van der Waals surface area contributed by atoms with Gasteiger partial charge in [0.2, 0.25) is 0 Å². The second-order valence-electron chi connectivity index (χ2n) is 3.08. The van der Waals surface area contributed by atoms with Gasteiger partial charge in [0.1, 0.15) is 0 Å². The Kier molecular flexibility index (Phi) is 5.80. The molecule has 0 amide bonds. The van der Waals surface area contributed by atoms with Crippen molar-refractivity contribution in [2.24, 2.45) is 0 Å². The van der Waals surface area contributed by atoms with Gasteiger partial charge in [-0.15, -0.1) is 0 Å². The van der Waals surface area contributed by atoms with Gasteiger partial charge in [0.05, 0.1) is 0 Å². The van der Waals surface area contributed by atoms with Gasteiger partial charge in [0.15, 0.2) is 5.85 Å². The van der Waals surface area contributed by atoms with Gasteiger partial charge >= 0.3 is 13.6 Å². The number of carbonyl (C=O) groups excluding carboxylic acids is 1. The first-order valence-corrected chi connectivity index (χ1v) is 6.46. The zero-order valence-electron chi connectivity index (χ0n) is 9.14. The fraction of sp³-hybridized carbons (Fsp3) is 0.667. The maximum atomic E-state index is 11.4. The van der Waals surface area contributed by atoms with Crippen LogP contribution in [-0.2, 0) is 14.1 Å². The Morgan fingerprint density at radius 2 is 2.00 bits per heavy atom. The molecule has 5 nitrogen and oxygen atoms in total. The van der Waals surface area contributed by atoms with Gasteiger partial charge in [-0.1, -0.05) is 19.9 Å². The largest absolute Gasteiger partial charge is 0.446 e. The summed E-state index contributed by atoms with van der Waals surface area (Å²) in [7, 11) is -4.35. The van der Waals surface area contributed by atoms with Crippen LogP contribution in [0.1, 0.15) is 33.6 Å². The van der Waals surface area contributed by atoms with Crippen molar-refractivity contribution in [3.63, 3.8) is 0 Å². The molecule has 0 heterocycles. The fourth-order valence-electron chi connectivity index (χ4n) is 0.918. The van der Waals surface area contributed by atoms with Crippen molar-refractivity contribution >= 4 is 13.6 Å². The van der Waals surface area contributed by atoms with Gasteiger partial charge in [0.25, 0.3) is 0 Å². The molecule has 0 fully saturated rings. The second kappa shape index (κ2) is 6.05. The maximum absolute atomic E-state index is 11.4. The minimum absolute atomic E-state index is 0.442. The number of allylic oxidation sites excluding steroid dienone is 1. The Hall–Kier alpha value is -0.640. The highest BCUT2D eigenvalue weighted by Crippen LogP contribution is 2.41. The predicted octanol–water partition coefficient (Wildman–Crippen LogP) is 1.80. The zero-order valence-corrected chi connectivity index (χ0v) is 10.0. The van der Waals surface area contributed by atoms with Crippen LogP contribution in [0.25, 0.3) is 0 Å². The third kappa shape index (κ3) is 5.11. The number of carbonyl (C=O) groups is 1. The summed E-state index contributed by atoms with van der Waals surface area (Å²) in [5.41, 5.74) is 0.442. The lowest BCUT2D eigenvalue weighted by molar-refractivity contribution is -0.141. The van der Waals surface area contributed by atoms with E-state index in [0.29, 0.717) is 18.4 Å². The summed E-state index contributed by atoms with van der Waals surface area (Å²) in [6.07, 6.45) is 2.86. The maximum Gasteiger partial charge on any atom is 0.365 e. The van der Waals surface area contributed by atoms with Crippen LogP contribution in [0.3, 0.4) is 0 Å². The fourth-order valence-corrected chi connectivity index (χ4v) is 1.15. The minimum Gasteiger partial charge on any atom is -0.446 e. The first kappa shape index (κ1) is 14.4. The number of rotatable bonds is 5. The van der Waals surface area contributed by atoms with Crippen molar-refractivity contribution in [3.05, 3.63) is 11.6 Å². The molecule has 0 spiro atoms. The molecule has 0 radical (unpaired) electrons. The molecular formula is C9H17O5P. The van der Waals surface area contributed by atoms with Crippen molar-refractivity contribution in [1.82, 2.24) is 0 Å². The number of ether oxygens (including phenoxy) is 1. The first-order valence-electron chi connectivity index (χ1n) is 4.78. The summed E-state index contributed by atoms with van der Waals surface area (Å²) in [6, 6.07) is 0. The van der Waals surface area contributed by atoms with Crippen LogP contribution in [0.15, 0.2) is 11.6 Å². The van der Waals surface area contributed by atoms with E-state index in [1.165, 1.54) is 6.92 Å². The van der Waals surface area contributed by atoms with E-state index in [1.54, 1.807) is 13.0 Å². The van der Waals surface area contributed by atoms with Gasteiger partial charge in [0, 0.05) is 5.57 Å². The molecule has 0 bridgehead atoms. The Bertz CT molecular complexity index is 291. The first-order chi connectivity index (χ1) is 6.82. The molecule has 0 aliphatic heterocycles. The van der Waals surface area contributed by atoms with Crippen molar-refractivity contribution in [1.29, 1.82) is 0 Å². The standard InChI is InChI=1S/C9H17O5P/c1-4-6-8(5-2)9(10)14-7(3)15(11,12)13/h6-7H,4-5H2,1-3H3,(H2,11,12,13)/b8-6-. The summed E-state index contributed by atoms with van der Waals surface area (Å²) in [4.78, 5) is 28.9. The Morgan fingerprint density at radius 3 is 2.33 bits per heavy atom. The summed E-state index contributed by atoms with van der Waals surface area (Å²) >= 11 is 0. The van der Waals surface area contributed by atoms with Crippen LogP contribution in [-0.4, -0.2) is 21.6 Å². The van der Waals surface area contributed by atoms with Gasteiger partial charge in [-0.3, -0.25) is 4.57 Å². The van der Waals surface area contributed by atoms with E-state index in [-0.39, 0.29) is 0 Å². The van der Waals surface area contributed by atoms with Crippen LogP contribution in [0.5, 0.6) is 0 Å². The molecule has 0 aliphatic carbocycles. The normalized spacial score (nSPS) is 14.9. The van der Waals surface area contributed by atoms with Crippen LogP contribution >= 0.6 is 7.60 Å². The Labute approximate surface area is 89.3 Å². The van der Waals surface area contributed by atoms with Gasteiger partial charge in [-0.2, -0.15) is 0 Å². The SMILES string of the molecule is CC/C=C(/CC)C(=O)OC(C)P(=O)(O)O. The van der Waals surface area contributed by atoms with E-state index in [9.17, 15) is 9.36 Å². The molecule has 0 aromatic heterocycles. The highest BCUT2D eigenvalue weighted by Gasteiger charge is 2.28. The van der Waals surface area contributed by atoms with E-state index >= 15 is 0 Å². The lowest BCUT2D eigenvalue weighted by atomic mass is 10.2. The van der Waals surface area contributed by atoms with E-state index in [1.807, 2.05) is 6.92 Å². The number of hydrogen-bond donors (Lipinski definition) is 2. The Morgan fingerprint density at radius 1 is 1.47 bits per heavy atom. The zero-order chi connectivity index (χ0) is 12.1. The molecule has 1 atom stereocenters. The van der Waals surface area contributed by atoms with Crippen LogP contribution < -0.4 is 0 Å². The van der Waals surface area contributed by atoms with E-state index in [4.69, 9.17) is 9.79 Å². The van der Waals surface area contributed by atoms with Crippen LogP contribution in [0.4, 0.5) is 0 Å². The van der Waals surface area contributed by atoms with Crippen molar-refractivity contribution in [2.75, 3.05) is 0 Å². The summed E-state index contributed by atoms with van der Waals surface area (Å²) in [6.45, 7) is 4.83. The molecule has 0 aliphatic rings. The smallest absolute Gasteiger partial charge is 0.365 e. The van der Waals surface area contributed by atoms with Gasteiger partial charge < -0.3 is 14.5 Å². The monoisotopic (exact) mass is 236 g/mol. The molecular weight excluding hydrogens is 219 g/mol. The molecule has 0 rings (SSSR count). The van der Waals surface area contributed by atoms with Gasteiger partial charge in [-0.05, 0) is 19.8 Å². The van der Waals surface area contributed by atoms with Crippen LogP contribution in [0, 0.1) is 0 Å². The topological polar surface area (TPSA) is 83.8 Å². The average Bonchev–Trinajstić information content (AvgIpc) is 2.12. The summed E-state index contributed by atoms with van der Waals surface area (Å²) in [5, 5.41) is 0. The van der Waals surface area contributed by atoms with Crippen LogP contribution in [0.2, 0.25) is 0 Å². The van der Waals surface area contributed by atoms with E-state index in [0.717, 1.165) is 0 Å². The predicted molar refractivity (Wildman–Crippen MR) is 56.3 cm³/mol. The van der Waals surface area contributed by atoms with Crippen molar-refractivity contribution < 1.29 is 23.9 Å². The third-order valence-electron chi connectivity index (χ3n) is 1.84. The van der Waals surface area contributed by atoms with E-state index < -0.39 is 19.4 Å². The van der Waals surface area contributed by atoms with E-state index in [2.05, 4.69) is 4.74 Å². The number of esters is 1. The molecule has 0 aromatic carbocycles. The number of hydrogen-bond acceptors (Lipinski definition) is 3. The summed E-state index contributed by atoms with van der Waals surface area (Å²) in [5.74, 6) is -2.05. The molecule has 2 N–H and O–H groups in total. The summed E-state index contributed by atoms with van der Waals surface area (Å²) < 4.78 is 15.4. The second-order valence-corrected chi connectivity index (χ2v) is 4.99. The lowest BCUT2D eigenvalue weighted by Gasteiger charge is -2.15. The molecule has 15 heavy (non-hydrogen) atoms. The molecule has 0 aromatic rings. The molecule has 0 saturated heterocycles. The quantitative estimate of drug-likeness (QED) is 0.432.